The van der Waals surface area contributed by atoms with Crippen molar-refractivity contribution in [2.45, 2.75) is 71.5 Å². The molecule has 0 spiro atoms. The number of hydrogen-bond donors (Lipinski definition) is 0. The third-order valence-corrected chi connectivity index (χ3v) is 13.0. The van der Waals surface area contributed by atoms with Gasteiger partial charge in [-0.1, -0.05) is 41.5 Å². The monoisotopic (exact) mass is 544 g/mol. The minimum Gasteiger partial charge on any atom is -0.416 e. The predicted molar refractivity (Wildman–Crippen MR) is 117 cm³/mol. The zero-order valence-electron chi connectivity index (χ0n) is 15.0. The van der Waals surface area contributed by atoms with Crippen LogP contribution in [0.3, 0.4) is 0 Å². The Balaban J connectivity index is 2.86. The molecule has 1 rings (SSSR count). The molecule has 1 aromatic rings. The van der Waals surface area contributed by atoms with Crippen molar-refractivity contribution in [1.82, 2.24) is 0 Å². The molecule has 0 radical (unpaired) electrons. The van der Waals surface area contributed by atoms with Gasteiger partial charge in [-0.2, -0.15) is 0 Å². The second-order valence-corrected chi connectivity index (χ2v) is 14.9. The molecule has 0 N–H and O–H groups in total. The summed E-state index contributed by atoms with van der Waals surface area (Å²) in [5.74, 6) is 0. The Bertz CT molecular complexity index is 476. The first-order valence-corrected chi connectivity index (χ1v) is 12.5. The maximum atomic E-state index is 6.68. The van der Waals surface area contributed by atoms with Crippen molar-refractivity contribution in [3.8, 4) is 0 Å². The third-order valence-electron chi connectivity index (χ3n) is 4.76. The quantitative estimate of drug-likeness (QED) is 0.267. The van der Waals surface area contributed by atoms with Gasteiger partial charge in [-0.25, -0.2) is 0 Å². The van der Waals surface area contributed by atoms with Crippen molar-refractivity contribution >= 4 is 53.5 Å². The molecule has 1 nitrogen and oxygen atoms in total. The van der Waals surface area contributed by atoms with Gasteiger partial charge in [-0.05, 0) is 98.4 Å². The van der Waals surface area contributed by atoms with E-state index in [1.54, 1.807) is 0 Å². The number of halogens is 2. The molecule has 0 aliphatic heterocycles. The second kappa shape index (κ2) is 8.81. The molecule has 1 aromatic carbocycles. The van der Waals surface area contributed by atoms with E-state index < -0.39 is 8.32 Å². The van der Waals surface area contributed by atoms with Crippen LogP contribution in [0.2, 0.25) is 16.6 Å². The lowest BCUT2D eigenvalue weighted by Gasteiger charge is -2.42. The highest BCUT2D eigenvalue weighted by molar-refractivity contribution is 14.1. The van der Waals surface area contributed by atoms with Crippen LogP contribution in [0.25, 0.3) is 0 Å². The maximum Gasteiger partial charge on any atom is 0.200 e. The van der Waals surface area contributed by atoms with Gasteiger partial charge in [0, 0.05) is 13.7 Å². The molecular formula is C18H30I2OSi. The number of benzene rings is 1. The molecule has 0 fully saturated rings. The highest BCUT2D eigenvalue weighted by Crippen LogP contribution is 2.42. The van der Waals surface area contributed by atoms with Crippen LogP contribution in [0.5, 0.6) is 0 Å². The van der Waals surface area contributed by atoms with Crippen LogP contribution in [0, 0.1) is 14.1 Å². The van der Waals surface area contributed by atoms with Crippen LogP contribution in [0.15, 0.2) is 12.1 Å². The molecule has 126 valence electrons. The van der Waals surface area contributed by atoms with Gasteiger partial charge in [-0.15, -0.1) is 0 Å². The minimum absolute atomic E-state index is 0.657. The van der Waals surface area contributed by atoms with Gasteiger partial charge in [-0.3, -0.25) is 0 Å². The smallest absolute Gasteiger partial charge is 0.200 e. The highest BCUT2D eigenvalue weighted by atomic mass is 127. The van der Waals surface area contributed by atoms with E-state index in [1.165, 1.54) is 18.3 Å². The summed E-state index contributed by atoms with van der Waals surface area (Å²) < 4.78 is 9.40. The van der Waals surface area contributed by atoms with Crippen molar-refractivity contribution in [2.75, 3.05) is 6.61 Å². The Morgan fingerprint density at radius 3 is 1.86 bits per heavy atom. The van der Waals surface area contributed by atoms with Crippen molar-refractivity contribution in [3.63, 3.8) is 0 Å². The molecule has 0 unspecified atom stereocenters. The predicted octanol–water partition coefficient (Wildman–Crippen LogP) is 6.94. The number of aryl methyl sites for hydroxylation is 1. The SMILES string of the molecule is Cc1cc(I)c(CCO[Si](C(C)C)(C(C)C)C(C)C)cc1I. The number of hydrogen-bond acceptors (Lipinski definition) is 1. The first-order valence-electron chi connectivity index (χ1n) is 8.21. The van der Waals surface area contributed by atoms with E-state index in [9.17, 15) is 0 Å². The van der Waals surface area contributed by atoms with E-state index in [2.05, 4.69) is 106 Å². The van der Waals surface area contributed by atoms with Crippen molar-refractivity contribution in [3.05, 3.63) is 30.4 Å². The maximum absolute atomic E-state index is 6.68. The molecule has 4 heteroatoms. The lowest BCUT2D eigenvalue weighted by molar-refractivity contribution is 0.281. The van der Waals surface area contributed by atoms with E-state index in [0.29, 0.717) is 16.6 Å². The molecule has 0 heterocycles. The molecule has 0 aliphatic rings. The Labute approximate surface area is 165 Å². The fourth-order valence-electron chi connectivity index (χ4n) is 3.72. The fraction of sp³-hybridized carbons (Fsp3) is 0.667. The van der Waals surface area contributed by atoms with E-state index in [1.807, 2.05) is 0 Å². The summed E-state index contributed by atoms with van der Waals surface area (Å²) in [7, 11) is -1.73. The van der Waals surface area contributed by atoms with Crippen LogP contribution in [-0.2, 0) is 10.8 Å². The molecule has 0 saturated heterocycles. The topological polar surface area (TPSA) is 9.23 Å². The van der Waals surface area contributed by atoms with E-state index in [-0.39, 0.29) is 0 Å². The first-order chi connectivity index (χ1) is 10.1. The Morgan fingerprint density at radius 2 is 1.41 bits per heavy atom. The standard InChI is InChI=1S/C18H30I2OSi/c1-12(2)22(13(3)4,14(5)6)21-9-8-16-11-17(19)15(7)10-18(16)20/h10-14H,8-9H2,1-7H3. The molecule has 0 bridgehead atoms. The first kappa shape index (κ1) is 20.9. The van der Waals surface area contributed by atoms with Crippen molar-refractivity contribution in [2.24, 2.45) is 0 Å². The highest BCUT2D eigenvalue weighted by Gasteiger charge is 2.44. The summed E-state index contributed by atoms with van der Waals surface area (Å²) in [5, 5.41) is 0. The van der Waals surface area contributed by atoms with E-state index in [4.69, 9.17) is 4.43 Å². The fourth-order valence-corrected chi connectivity index (χ4v) is 10.6. The van der Waals surface area contributed by atoms with Crippen molar-refractivity contribution < 1.29 is 4.43 Å². The largest absolute Gasteiger partial charge is 0.416 e. The van der Waals surface area contributed by atoms with Crippen LogP contribution >= 0.6 is 45.2 Å². The molecule has 0 aliphatic carbocycles. The Kier molecular flexibility index (Phi) is 8.37. The van der Waals surface area contributed by atoms with Crippen molar-refractivity contribution in [1.29, 1.82) is 0 Å². The van der Waals surface area contributed by atoms with E-state index >= 15 is 0 Å². The minimum atomic E-state index is -1.73. The van der Waals surface area contributed by atoms with Gasteiger partial charge in [0.05, 0.1) is 0 Å². The van der Waals surface area contributed by atoms with Crippen LogP contribution < -0.4 is 0 Å². The van der Waals surface area contributed by atoms with Crippen LogP contribution in [-0.4, -0.2) is 14.9 Å². The lowest BCUT2D eigenvalue weighted by Crippen LogP contribution is -2.48. The average molecular weight is 544 g/mol. The van der Waals surface area contributed by atoms with Crippen LogP contribution in [0.1, 0.15) is 52.7 Å². The summed E-state index contributed by atoms with van der Waals surface area (Å²) in [6.07, 6.45) is 1.02. The molecule has 22 heavy (non-hydrogen) atoms. The van der Waals surface area contributed by atoms with Crippen LogP contribution in [0.4, 0.5) is 0 Å². The average Bonchev–Trinajstić information content (AvgIpc) is 2.38. The van der Waals surface area contributed by atoms with Gasteiger partial charge in [0.2, 0.25) is 0 Å². The summed E-state index contributed by atoms with van der Waals surface area (Å²) in [6, 6.07) is 4.61. The normalized spacial score (nSPS) is 12.7. The zero-order valence-corrected chi connectivity index (χ0v) is 20.3. The molecule has 0 aromatic heterocycles. The summed E-state index contributed by atoms with van der Waals surface area (Å²) >= 11 is 4.89. The number of rotatable bonds is 7. The summed E-state index contributed by atoms with van der Waals surface area (Å²) in [5.41, 5.74) is 4.76. The van der Waals surface area contributed by atoms with Gasteiger partial charge >= 0.3 is 0 Å². The second-order valence-electron chi connectivity index (χ2n) is 7.11. The van der Waals surface area contributed by atoms with Gasteiger partial charge < -0.3 is 4.43 Å². The van der Waals surface area contributed by atoms with Gasteiger partial charge in [0.15, 0.2) is 8.32 Å². The van der Waals surface area contributed by atoms with Gasteiger partial charge in [0.25, 0.3) is 0 Å². The Hall–Kier alpha value is 0.857. The van der Waals surface area contributed by atoms with Gasteiger partial charge in [0.1, 0.15) is 0 Å². The zero-order chi connectivity index (χ0) is 17.1. The molecular weight excluding hydrogens is 514 g/mol. The molecule has 0 atom stereocenters. The van der Waals surface area contributed by atoms with E-state index in [0.717, 1.165) is 13.0 Å². The lowest BCUT2D eigenvalue weighted by atomic mass is 10.1. The molecule has 0 amide bonds. The Morgan fingerprint density at radius 1 is 0.909 bits per heavy atom. The molecule has 0 saturated carbocycles. The summed E-state index contributed by atoms with van der Waals surface area (Å²) in [4.78, 5) is 0. The third kappa shape index (κ3) is 4.69. The summed E-state index contributed by atoms with van der Waals surface area (Å²) in [6.45, 7) is 17.1.